The summed E-state index contributed by atoms with van der Waals surface area (Å²) in [6, 6.07) is 0.311. The van der Waals surface area contributed by atoms with Crippen molar-refractivity contribution >= 4 is 10.0 Å². The Morgan fingerprint density at radius 3 is 2.53 bits per heavy atom. The first kappa shape index (κ1) is 16.9. The van der Waals surface area contributed by atoms with E-state index in [1.165, 1.54) is 0 Å². The molecule has 1 aliphatic heterocycles. The molecule has 2 unspecified atom stereocenters. The van der Waals surface area contributed by atoms with Crippen LogP contribution in [0.3, 0.4) is 0 Å². The van der Waals surface area contributed by atoms with Crippen LogP contribution in [0.4, 0.5) is 0 Å². The van der Waals surface area contributed by atoms with Gasteiger partial charge in [-0.2, -0.15) is 0 Å². The Hall–Kier alpha value is -0.170. The number of hydrogen-bond donors (Lipinski definition) is 2. The van der Waals surface area contributed by atoms with Crippen LogP contribution >= 0.6 is 0 Å². The number of nitrogens with one attached hydrogen (secondary N) is 2. The molecule has 0 saturated carbocycles. The minimum atomic E-state index is -3.20. The lowest BCUT2D eigenvalue weighted by Gasteiger charge is -2.18. The lowest BCUT2D eigenvalue weighted by Crippen LogP contribution is -2.42. The first-order valence-electron chi connectivity index (χ1n) is 7.29. The molecule has 0 amide bonds. The van der Waals surface area contributed by atoms with Crippen molar-refractivity contribution in [2.75, 3.05) is 32.7 Å². The first-order valence-corrected chi connectivity index (χ1v) is 8.84. The van der Waals surface area contributed by atoms with Crippen molar-refractivity contribution in [3.63, 3.8) is 0 Å². The van der Waals surface area contributed by atoms with Crippen LogP contribution in [0.5, 0.6) is 0 Å². The van der Waals surface area contributed by atoms with Gasteiger partial charge in [-0.1, -0.05) is 20.8 Å². The average molecular weight is 291 g/mol. The van der Waals surface area contributed by atoms with Gasteiger partial charge in [-0.25, -0.2) is 13.1 Å². The van der Waals surface area contributed by atoms with Gasteiger partial charge < -0.3 is 10.2 Å². The van der Waals surface area contributed by atoms with Crippen molar-refractivity contribution in [3.05, 3.63) is 0 Å². The molecule has 114 valence electrons. The fourth-order valence-corrected chi connectivity index (χ4v) is 3.32. The molecule has 0 radical (unpaired) electrons. The van der Waals surface area contributed by atoms with E-state index < -0.39 is 15.3 Å². The molecule has 1 saturated heterocycles. The molecule has 1 aliphatic rings. The molecule has 2 N–H and O–H groups in total. The topological polar surface area (TPSA) is 61.4 Å². The number of nitrogens with zero attached hydrogens (tertiary/aromatic N) is 1. The van der Waals surface area contributed by atoms with Crippen molar-refractivity contribution in [1.29, 1.82) is 0 Å². The van der Waals surface area contributed by atoms with E-state index in [1.807, 2.05) is 13.8 Å². The predicted molar refractivity (Wildman–Crippen MR) is 79.7 cm³/mol. The Morgan fingerprint density at radius 2 is 2.00 bits per heavy atom. The second-order valence-corrected chi connectivity index (χ2v) is 8.00. The Labute approximate surface area is 118 Å². The molecule has 6 heteroatoms. The summed E-state index contributed by atoms with van der Waals surface area (Å²) >= 11 is 0. The van der Waals surface area contributed by atoms with E-state index in [9.17, 15) is 8.42 Å². The third-order valence-corrected chi connectivity index (χ3v) is 5.53. The van der Waals surface area contributed by atoms with Crippen LogP contribution < -0.4 is 10.0 Å². The number of likely N-dealkylation sites (tertiary alicyclic amines) is 1. The average Bonchev–Trinajstić information content (AvgIpc) is 2.81. The summed E-state index contributed by atoms with van der Waals surface area (Å²) in [4.78, 5) is 2.36. The van der Waals surface area contributed by atoms with Gasteiger partial charge in [0, 0.05) is 25.7 Å². The number of sulfonamides is 1. The van der Waals surface area contributed by atoms with Gasteiger partial charge in [0.05, 0.1) is 5.25 Å². The van der Waals surface area contributed by atoms with E-state index in [0.717, 1.165) is 26.1 Å². The minimum Gasteiger partial charge on any atom is -0.313 e. The molecule has 0 aromatic heterocycles. The fourth-order valence-electron chi connectivity index (χ4n) is 2.25. The molecular weight excluding hydrogens is 262 g/mol. The molecule has 1 heterocycles. The van der Waals surface area contributed by atoms with E-state index in [2.05, 4.69) is 21.9 Å². The Kier molecular flexibility index (Phi) is 6.73. The van der Waals surface area contributed by atoms with E-state index in [-0.39, 0.29) is 0 Å². The highest BCUT2D eigenvalue weighted by Crippen LogP contribution is 2.15. The van der Waals surface area contributed by atoms with Gasteiger partial charge in [-0.05, 0) is 32.4 Å². The molecule has 1 fully saturated rings. The van der Waals surface area contributed by atoms with Crippen molar-refractivity contribution in [2.45, 2.75) is 45.4 Å². The Balaban J connectivity index is 2.34. The third kappa shape index (κ3) is 5.77. The highest BCUT2D eigenvalue weighted by Gasteiger charge is 2.25. The fraction of sp³-hybridized carbons (Fsp3) is 1.00. The largest absolute Gasteiger partial charge is 0.313 e. The predicted octanol–water partition coefficient (Wildman–Crippen LogP) is 0.634. The van der Waals surface area contributed by atoms with Crippen LogP contribution in [0.15, 0.2) is 0 Å². The molecule has 0 aromatic rings. The second kappa shape index (κ2) is 7.57. The molecule has 0 bridgehead atoms. The van der Waals surface area contributed by atoms with E-state index in [1.54, 1.807) is 6.92 Å². The zero-order valence-electron chi connectivity index (χ0n) is 12.6. The summed E-state index contributed by atoms with van der Waals surface area (Å²) in [6.07, 6.45) is 1.09. The molecule has 0 spiro atoms. The van der Waals surface area contributed by atoms with Crippen molar-refractivity contribution in [3.8, 4) is 0 Å². The van der Waals surface area contributed by atoms with Crippen LogP contribution in [0, 0.1) is 5.92 Å². The van der Waals surface area contributed by atoms with Crippen LogP contribution in [-0.2, 0) is 10.0 Å². The molecular formula is C13H29N3O2S. The first-order chi connectivity index (χ1) is 8.85. The summed E-state index contributed by atoms with van der Waals surface area (Å²) in [5, 5.41) is 2.78. The van der Waals surface area contributed by atoms with Crippen LogP contribution in [0.1, 0.15) is 34.1 Å². The van der Waals surface area contributed by atoms with E-state index >= 15 is 0 Å². The lowest BCUT2D eigenvalue weighted by atomic mass is 10.1. The molecule has 19 heavy (non-hydrogen) atoms. The molecule has 5 nitrogen and oxygen atoms in total. The van der Waals surface area contributed by atoms with Gasteiger partial charge in [0.25, 0.3) is 0 Å². The summed E-state index contributed by atoms with van der Waals surface area (Å²) in [6.45, 7) is 12.2. The summed E-state index contributed by atoms with van der Waals surface area (Å²) in [7, 11) is -3.20. The summed E-state index contributed by atoms with van der Waals surface area (Å²) < 4.78 is 26.9. The zero-order valence-corrected chi connectivity index (χ0v) is 13.5. The number of rotatable bonds is 8. The second-order valence-electron chi connectivity index (χ2n) is 5.81. The van der Waals surface area contributed by atoms with Crippen LogP contribution in [0.2, 0.25) is 0 Å². The zero-order chi connectivity index (χ0) is 14.5. The maximum absolute atomic E-state index is 12.1. The maximum Gasteiger partial charge on any atom is 0.215 e. The normalized spacial score (nSPS) is 23.1. The van der Waals surface area contributed by atoms with Gasteiger partial charge >= 0.3 is 0 Å². The van der Waals surface area contributed by atoms with Gasteiger partial charge in [-0.3, -0.25) is 0 Å². The van der Waals surface area contributed by atoms with Crippen LogP contribution in [-0.4, -0.2) is 57.3 Å². The smallest absolute Gasteiger partial charge is 0.215 e. The van der Waals surface area contributed by atoms with Crippen molar-refractivity contribution in [1.82, 2.24) is 14.9 Å². The van der Waals surface area contributed by atoms with Gasteiger partial charge in [0.2, 0.25) is 10.0 Å². The highest BCUT2D eigenvalue weighted by molar-refractivity contribution is 7.90. The van der Waals surface area contributed by atoms with Gasteiger partial charge in [-0.15, -0.1) is 0 Å². The maximum atomic E-state index is 12.1. The van der Waals surface area contributed by atoms with E-state index in [0.29, 0.717) is 25.0 Å². The summed E-state index contributed by atoms with van der Waals surface area (Å²) in [5.41, 5.74) is 0. The third-order valence-electron chi connectivity index (χ3n) is 3.73. The number of hydrogen-bond acceptors (Lipinski definition) is 4. The SMILES string of the molecule is CCN1CCC(CNS(=O)(=O)C(C)CNC(C)C)C1. The Bertz CT molecular complexity index is 357. The molecule has 1 rings (SSSR count). The monoisotopic (exact) mass is 291 g/mol. The minimum absolute atomic E-state index is 0.311. The highest BCUT2D eigenvalue weighted by atomic mass is 32.2. The quantitative estimate of drug-likeness (QED) is 0.689. The van der Waals surface area contributed by atoms with Gasteiger partial charge in [0.1, 0.15) is 0 Å². The van der Waals surface area contributed by atoms with Crippen molar-refractivity contribution < 1.29 is 8.42 Å². The van der Waals surface area contributed by atoms with E-state index in [4.69, 9.17) is 0 Å². The van der Waals surface area contributed by atoms with Crippen molar-refractivity contribution in [2.24, 2.45) is 5.92 Å². The molecule has 0 aliphatic carbocycles. The molecule has 0 aromatic carbocycles. The Morgan fingerprint density at radius 1 is 1.32 bits per heavy atom. The lowest BCUT2D eigenvalue weighted by molar-refractivity contribution is 0.342. The van der Waals surface area contributed by atoms with Gasteiger partial charge in [0.15, 0.2) is 0 Å². The molecule has 2 atom stereocenters. The summed E-state index contributed by atoms with van der Waals surface area (Å²) in [5.74, 6) is 0.458. The van der Waals surface area contributed by atoms with Crippen LogP contribution in [0.25, 0.3) is 0 Å². The standard InChI is InChI=1S/C13H29N3O2S/c1-5-16-7-6-13(10-16)9-15-19(17,18)12(4)8-14-11(2)3/h11-15H,5-10H2,1-4H3.